The molecule has 0 spiro atoms. The number of ether oxygens (including phenoxy) is 2. The fourth-order valence-corrected chi connectivity index (χ4v) is 4.51. The first-order valence-electron chi connectivity index (χ1n) is 9.41. The molecule has 2 bridgehead atoms. The van der Waals surface area contributed by atoms with Crippen molar-refractivity contribution in [3.8, 4) is 0 Å². The summed E-state index contributed by atoms with van der Waals surface area (Å²) in [6.07, 6.45) is 9.09. The maximum atomic E-state index is 10.8. The molecular formula is C20H34O3. The monoisotopic (exact) mass is 322 g/mol. The molecule has 3 aliphatic rings. The molecule has 0 aromatic rings. The number of aliphatic hydroxyl groups is 1. The van der Waals surface area contributed by atoms with E-state index in [1.807, 2.05) is 0 Å². The Labute approximate surface area is 141 Å². The third-order valence-corrected chi connectivity index (χ3v) is 6.75. The Morgan fingerprint density at radius 2 is 1.91 bits per heavy atom. The van der Waals surface area contributed by atoms with Crippen LogP contribution in [0.2, 0.25) is 0 Å². The van der Waals surface area contributed by atoms with Crippen molar-refractivity contribution in [2.45, 2.75) is 109 Å². The molecule has 1 N–H and O–H groups in total. The number of hydrogen-bond acceptors (Lipinski definition) is 3. The molecule has 0 unspecified atom stereocenters. The summed E-state index contributed by atoms with van der Waals surface area (Å²) in [7, 11) is 0. The van der Waals surface area contributed by atoms with Crippen LogP contribution in [0.4, 0.5) is 0 Å². The Bertz CT molecular complexity index is 485. The molecule has 0 saturated carbocycles. The molecule has 3 aliphatic heterocycles. The molecule has 0 aromatic heterocycles. The largest absolute Gasteiger partial charge is 0.390 e. The van der Waals surface area contributed by atoms with E-state index in [0.717, 1.165) is 44.9 Å². The number of hydrogen-bond donors (Lipinski definition) is 1. The molecule has 0 aromatic carbocycles. The molecule has 3 heteroatoms. The fraction of sp³-hybridized carbons (Fsp3) is 0.900. The van der Waals surface area contributed by atoms with Crippen molar-refractivity contribution in [1.82, 2.24) is 0 Å². The lowest BCUT2D eigenvalue weighted by molar-refractivity contribution is -0.167. The van der Waals surface area contributed by atoms with Crippen LogP contribution < -0.4 is 0 Å². The van der Waals surface area contributed by atoms with Crippen molar-refractivity contribution in [1.29, 1.82) is 0 Å². The van der Waals surface area contributed by atoms with E-state index in [1.165, 1.54) is 5.57 Å². The molecule has 0 radical (unpaired) electrons. The van der Waals surface area contributed by atoms with Gasteiger partial charge in [0.25, 0.3) is 0 Å². The third-order valence-electron chi connectivity index (χ3n) is 6.75. The quantitative estimate of drug-likeness (QED) is 0.575. The topological polar surface area (TPSA) is 42.0 Å². The second-order valence-electron chi connectivity index (χ2n) is 8.90. The highest BCUT2D eigenvalue weighted by Crippen LogP contribution is 2.53. The van der Waals surface area contributed by atoms with Gasteiger partial charge in [0.2, 0.25) is 0 Å². The second-order valence-corrected chi connectivity index (χ2v) is 8.90. The van der Waals surface area contributed by atoms with Crippen molar-refractivity contribution in [2.75, 3.05) is 0 Å². The summed E-state index contributed by atoms with van der Waals surface area (Å²) >= 11 is 0. The van der Waals surface area contributed by atoms with Crippen molar-refractivity contribution in [2.24, 2.45) is 5.92 Å². The summed E-state index contributed by atoms with van der Waals surface area (Å²) in [5.74, 6) is 0.440. The highest BCUT2D eigenvalue weighted by Gasteiger charge is 2.59. The maximum absolute atomic E-state index is 10.8. The Kier molecular flexibility index (Phi) is 4.44. The van der Waals surface area contributed by atoms with Gasteiger partial charge in [-0.2, -0.15) is 0 Å². The van der Waals surface area contributed by atoms with Crippen LogP contribution in [-0.4, -0.2) is 34.1 Å². The minimum absolute atomic E-state index is 0.0215. The number of epoxide rings is 1. The van der Waals surface area contributed by atoms with Gasteiger partial charge >= 0.3 is 0 Å². The smallest absolute Gasteiger partial charge is 0.0924 e. The van der Waals surface area contributed by atoms with Gasteiger partial charge < -0.3 is 14.6 Å². The normalized spacial score (nSPS) is 50.3. The molecule has 0 aliphatic carbocycles. The van der Waals surface area contributed by atoms with Gasteiger partial charge in [0.1, 0.15) is 0 Å². The van der Waals surface area contributed by atoms with Crippen molar-refractivity contribution < 1.29 is 14.6 Å². The lowest BCUT2D eigenvalue weighted by atomic mass is 9.80. The number of rotatable bonds is 1. The summed E-state index contributed by atoms with van der Waals surface area (Å²) in [4.78, 5) is 0. The molecule has 132 valence electrons. The Balaban J connectivity index is 1.85. The van der Waals surface area contributed by atoms with Gasteiger partial charge in [0.05, 0.1) is 29.0 Å². The zero-order valence-corrected chi connectivity index (χ0v) is 15.5. The standard InChI is InChI=1S/C20H34O3/c1-14(2)20-12-11-18(4,23-20)16(21)9-8-15(3)7-6-10-19(5)17(13-20)22-19/h7,14,16-17,21H,6,8-13H2,1-5H3/b15-7-/t16-,17+,18+,19+,20-/m0/s1. The molecular weight excluding hydrogens is 288 g/mol. The SMILES string of the molecule is C/C1=C/CC[C@@]2(C)O[C@@H]2C[C@]2(C(C)C)CC[C@@](C)(O2)[C@@H](O)CC1. The van der Waals surface area contributed by atoms with E-state index in [9.17, 15) is 5.11 Å². The van der Waals surface area contributed by atoms with E-state index in [2.05, 4.69) is 40.7 Å². The van der Waals surface area contributed by atoms with E-state index in [1.54, 1.807) is 0 Å². The van der Waals surface area contributed by atoms with E-state index in [0.29, 0.717) is 12.0 Å². The zero-order chi connectivity index (χ0) is 16.9. The summed E-state index contributed by atoms with van der Waals surface area (Å²) in [5, 5.41) is 10.8. The Hall–Kier alpha value is -0.380. The maximum Gasteiger partial charge on any atom is 0.0924 e. The van der Waals surface area contributed by atoms with Crippen LogP contribution in [0.25, 0.3) is 0 Å². The van der Waals surface area contributed by atoms with E-state index >= 15 is 0 Å². The lowest BCUT2D eigenvalue weighted by Crippen LogP contribution is -2.45. The molecule has 5 atom stereocenters. The number of fused-ring (bicyclic) bond motifs is 3. The van der Waals surface area contributed by atoms with Gasteiger partial charge in [-0.15, -0.1) is 0 Å². The summed E-state index contributed by atoms with van der Waals surface area (Å²) in [5.41, 5.74) is 0.840. The Morgan fingerprint density at radius 3 is 2.61 bits per heavy atom. The Morgan fingerprint density at radius 1 is 1.17 bits per heavy atom. The van der Waals surface area contributed by atoms with E-state index in [4.69, 9.17) is 9.47 Å². The highest BCUT2D eigenvalue weighted by atomic mass is 16.6. The van der Waals surface area contributed by atoms with Crippen LogP contribution >= 0.6 is 0 Å². The first-order valence-corrected chi connectivity index (χ1v) is 9.41. The van der Waals surface area contributed by atoms with Gasteiger partial charge in [-0.3, -0.25) is 0 Å². The van der Waals surface area contributed by atoms with Crippen LogP contribution in [0.3, 0.4) is 0 Å². The van der Waals surface area contributed by atoms with Crippen LogP contribution in [0, 0.1) is 5.92 Å². The minimum Gasteiger partial charge on any atom is -0.390 e. The first-order chi connectivity index (χ1) is 10.7. The summed E-state index contributed by atoms with van der Waals surface area (Å²) in [6.45, 7) is 11.0. The molecule has 3 rings (SSSR count). The van der Waals surface area contributed by atoms with Gasteiger partial charge in [-0.25, -0.2) is 0 Å². The van der Waals surface area contributed by atoms with Crippen molar-refractivity contribution in [3.63, 3.8) is 0 Å². The number of aliphatic hydroxyl groups excluding tert-OH is 1. The highest BCUT2D eigenvalue weighted by molar-refractivity contribution is 5.10. The van der Waals surface area contributed by atoms with Gasteiger partial charge in [-0.05, 0) is 65.2 Å². The predicted octanol–water partition coefficient (Wildman–Crippen LogP) is 4.38. The molecule has 3 heterocycles. The first kappa shape index (κ1) is 17.4. The molecule has 2 fully saturated rings. The van der Waals surface area contributed by atoms with E-state index in [-0.39, 0.29) is 11.2 Å². The van der Waals surface area contributed by atoms with E-state index < -0.39 is 11.7 Å². The van der Waals surface area contributed by atoms with Crippen molar-refractivity contribution >= 4 is 0 Å². The average Bonchev–Trinajstić information content (AvgIpc) is 2.94. The molecule has 3 nitrogen and oxygen atoms in total. The molecule has 23 heavy (non-hydrogen) atoms. The molecule has 2 saturated heterocycles. The van der Waals surface area contributed by atoms with Crippen molar-refractivity contribution in [3.05, 3.63) is 11.6 Å². The van der Waals surface area contributed by atoms with Crippen LogP contribution in [0.15, 0.2) is 11.6 Å². The minimum atomic E-state index is -0.413. The third kappa shape index (κ3) is 3.25. The zero-order valence-electron chi connectivity index (χ0n) is 15.5. The predicted molar refractivity (Wildman–Crippen MR) is 92.4 cm³/mol. The van der Waals surface area contributed by atoms with Gasteiger partial charge in [-0.1, -0.05) is 25.5 Å². The summed E-state index contributed by atoms with van der Waals surface area (Å²) < 4.78 is 12.8. The van der Waals surface area contributed by atoms with Crippen LogP contribution in [0.5, 0.6) is 0 Å². The van der Waals surface area contributed by atoms with Crippen LogP contribution in [0.1, 0.15) is 79.6 Å². The summed E-state index contributed by atoms with van der Waals surface area (Å²) in [6, 6.07) is 0. The number of allylic oxidation sites excluding steroid dienone is 2. The van der Waals surface area contributed by atoms with Crippen LogP contribution in [-0.2, 0) is 9.47 Å². The molecule has 0 amide bonds. The average molecular weight is 322 g/mol. The fourth-order valence-electron chi connectivity index (χ4n) is 4.51. The van der Waals surface area contributed by atoms with Gasteiger partial charge in [0.15, 0.2) is 0 Å². The lowest BCUT2D eigenvalue weighted by Gasteiger charge is -2.38. The van der Waals surface area contributed by atoms with Gasteiger partial charge in [0, 0.05) is 6.42 Å². The second kappa shape index (κ2) is 5.86.